The highest BCUT2D eigenvalue weighted by Crippen LogP contribution is 2.18. The van der Waals surface area contributed by atoms with E-state index in [4.69, 9.17) is 0 Å². The van der Waals surface area contributed by atoms with Gasteiger partial charge >= 0.3 is 0 Å². The summed E-state index contributed by atoms with van der Waals surface area (Å²) in [7, 11) is 0. The number of hydrogen-bond acceptors (Lipinski definition) is 4. The average Bonchev–Trinajstić information content (AvgIpc) is 2.56. The molecule has 6 heteroatoms. The van der Waals surface area contributed by atoms with Crippen molar-refractivity contribution in [3.8, 4) is 0 Å². The summed E-state index contributed by atoms with van der Waals surface area (Å²) < 4.78 is 0. The molecule has 5 nitrogen and oxygen atoms in total. The second kappa shape index (κ2) is 8.53. The summed E-state index contributed by atoms with van der Waals surface area (Å²) in [6.07, 6.45) is 0. The van der Waals surface area contributed by atoms with Crippen LogP contribution in [-0.4, -0.2) is 52.9 Å². The normalized spacial score (nSPS) is 22.1. The van der Waals surface area contributed by atoms with E-state index >= 15 is 0 Å². The van der Waals surface area contributed by atoms with E-state index in [9.17, 15) is 9.59 Å². The van der Waals surface area contributed by atoms with Crippen LogP contribution in [0, 0.1) is 6.92 Å². The summed E-state index contributed by atoms with van der Waals surface area (Å²) >= 11 is 1.39. The second-order valence-corrected chi connectivity index (χ2v) is 7.71. The van der Waals surface area contributed by atoms with Crippen LogP contribution in [0.2, 0.25) is 0 Å². The molecule has 0 aromatic heterocycles. The number of piperazine rings is 1. The molecule has 3 atom stereocenters. The van der Waals surface area contributed by atoms with Gasteiger partial charge in [0.05, 0.1) is 11.0 Å². The van der Waals surface area contributed by atoms with Crippen molar-refractivity contribution in [1.29, 1.82) is 0 Å². The number of benzene rings is 1. The Kier molecular flexibility index (Phi) is 6.69. The lowest BCUT2D eigenvalue weighted by Crippen LogP contribution is -2.58. The zero-order chi connectivity index (χ0) is 17.7. The van der Waals surface area contributed by atoms with Gasteiger partial charge in [-0.25, -0.2) is 0 Å². The molecule has 24 heavy (non-hydrogen) atoms. The molecule has 0 spiro atoms. The van der Waals surface area contributed by atoms with Crippen LogP contribution in [0.25, 0.3) is 0 Å². The van der Waals surface area contributed by atoms with E-state index in [1.165, 1.54) is 11.8 Å². The first-order valence-electron chi connectivity index (χ1n) is 8.40. The predicted octanol–water partition coefficient (Wildman–Crippen LogP) is 2.26. The van der Waals surface area contributed by atoms with Crippen molar-refractivity contribution in [3.63, 3.8) is 0 Å². The number of nitrogens with zero attached hydrogens (tertiary/aromatic N) is 1. The minimum absolute atomic E-state index is 0.0785. The molecule has 1 aliphatic rings. The van der Waals surface area contributed by atoms with Crippen LogP contribution >= 0.6 is 11.8 Å². The number of thioether (sulfide) groups is 1. The highest BCUT2D eigenvalue weighted by Gasteiger charge is 2.30. The fourth-order valence-corrected chi connectivity index (χ4v) is 3.46. The Morgan fingerprint density at radius 1 is 1.33 bits per heavy atom. The molecular weight excluding hydrogens is 322 g/mol. The number of carbonyl (C=O) groups is 2. The third-order valence-corrected chi connectivity index (χ3v) is 5.60. The first-order valence-corrected chi connectivity index (χ1v) is 9.45. The van der Waals surface area contributed by atoms with Crippen molar-refractivity contribution in [2.24, 2.45) is 0 Å². The fraction of sp³-hybridized carbons (Fsp3) is 0.556. The first kappa shape index (κ1) is 18.8. The highest BCUT2D eigenvalue weighted by molar-refractivity contribution is 8.01. The smallest absolute Gasteiger partial charge is 0.235 e. The maximum atomic E-state index is 12.6. The molecule has 2 amide bonds. The highest BCUT2D eigenvalue weighted by atomic mass is 32.2. The van der Waals surface area contributed by atoms with Gasteiger partial charge in [0, 0.05) is 30.9 Å². The van der Waals surface area contributed by atoms with Crippen LogP contribution in [0.5, 0.6) is 0 Å². The maximum Gasteiger partial charge on any atom is 0.235 e. The summed E-state index contributed by atoms with van der Waals surface area (Å²) in [6.45, 7) is 9.60. The fourth-order valence-electron chi connectivity index (χ4n) is 2.71. The van der Waals surface area contributed by atoms with Gasteiger partial charge < -0.3 is 15.5 Å². The lowest BCUT2D eigenvalue weighted by Gasteiger charge is -2.39. The Morgan fingerprint density at radius 2 is 2.00 bits per heavy atom. The summed E-state index contributed by atoms with van der Waals surface area (Å²) in [5.74, 6) is 0.311. The van der Waals surface area contributed by atoms with E-state index in [0.717, 1.165) is 24.3 Å². The van der Waals surface area contributed by atoms with Crippen LogP contribution in [0.1, 0.15) is 26.3 Å². The molecule has 0 aliphatic carbocycles. The third kappa shape index (κ3) is 4.98. The van der Waals surface area contributed by atoms with Crippen LogP contribution in [0.4, 0.5) is 5.69 Å². The van der Waals surface area contributed by atoms with E-state index in [2.05, 4.69) is 24.5 Å². The van der Waals surface area contributed by atoms with Gasteiger partial charge in [-0.2, -0.15) is 0 Å². The monoisotopic (exact) mass is 349 g/mol. The summed E-state index contributed by atoms with van der Waals surface area (Å²) in [6, 6.07) is 8.16. The Bertz CT molecular complexity index is 576. The Hall–Kier alpha value is -1.53. The summed E-state index contributed by atoms with van der Waals surface area (Å²) in [5, 5.41) is 6.02. The number of carbonyl (C=O) groups excluding carboxylic acids is 2. The van der Waals surface area contributed by atoms with Gasteiger partial charge in [0.25, 0.3) is 0 Å². The lowest BCUT2D eigenvalue weighted by molar-refractivity contribution is -0.133. The van der Waals surface area contributed by atoms with Crippen LogP contribution in [-0.2, 0) is 9.59 Å². The van der Waals surface area contributed by atoms with Gasteiger partial charge in [0.2, 0.25) is 11.8 Å². The second-order valence-electron chi connectivity index (χ2n) is 6.38. The van der Waals surface area contributed by atoms with Gasteiger partial charge in [-0.15, -0.1) is 11.8 Å². The Balaban J connectivity index is 1.81. The van der Waals surface area contributed by atoms with Crippen molar-refractivity contribution in [3.05, 3.63) is 29.8 Å². The van der Waals surface area contributed by atoms with E-state index in [1.54, 1.807) is 0 Å². The van der Waals surface area contributed by atoms with Gasteiger partial charge in [0.1, 0.15) is 0 Å². The average molecular weight is 350 g/mol. The third-order valence-electron chi connectivity index (χ3n) is 4.46. The molecule has 2 rings (SSSR count). The largest absolute Gasteiger partial charge is 0.336 e. The summed E-state index contributed by atoms with van der Waals surface area (Å²) in [5.41, 5.74) is 1.94. The van der Waals surface area contributed by atoms with E-state index in [0.29, 0.717) is 6.04 Å². The number of hydrogen-bond donors (Lipinski definition) is 2. The van der Waals surface area contributed by atoms with E-state index in [1.807, 2.05) is 43.0 Å². The Labute approximate surface area is 148 Å². The van der Waals surface area contributed by atoms with Crippen LogP contribution < -0.4 is 10.6 Å². The Morgan fingerprint density at radius 3 is 2.67 bits per heavy atom. The molecule has 0 radical (unpaired) electrons. The zero-order valence-corrected chi connectivity index (χ0v) is 15.7. The minimum Gasteiger partial charge on any atom is -0.336 e. The van der Waals surface area contributed by atoms with Crippen LogP contribution in [0.3, 0.4) is 0 Å². The van der Waals surface area contributed by atoms with Gasteiger partial charge in [-0.1, -0.05) is 17.7 Å². The predicted molar refractivity (Wildman–Crippen MR) is 100 cm³/mol. The zero-order valence-electron chi connectivity index (χ0n) is 14.8. The lowest BCUT2D eigenvalue weighted by atomic mass is 10.1. The molecule has 1 fully saturated rings. The molecule has 1 aliphatic heterocycles. The molecule has 1 aromatic carbocycles. The SMILES string of the molecule is Cc1ccc(NC(=O)CSC(C)C(=O)N2CCNC(C)C2C)cc1. The topological polar surface area (TPSA) is 61.4 Å². The van der Waals surface area contributed by atoms with Gasteiger partial charge in [0.15, 0.2) is 0 Å². The maximum absolute atomic E-state index is 12.6. The molecule has 1 aromatic rings. The number of nitrogens with one attached hydrogen (secondary N) is 2. The molecule has 0 bridgehead atoms. The van der Waals surface area contributed by atoms with Crippen LogP contribution in [0.15, 0.2) is 24.3 Å². The molecule has 132 valence electrons. The molecule has 1 heterocycles. The molecular formula is C18H27N3O2S. The van der Waals surface area contributed by atoms with E-state index in [-0.39, 0.29) is 28.9 Å². The van der Waals surface area contributed by atoms with Crippen molar-refractivity contribution >= 4 is 29.3 Å². The minimum atomic E-state index is -0.221. The number of anilines is 1. The molecule has 2 N–H and O–H groups in total. The van der Waals surface area contributed by atoms with Crippen molar-refractivity contribution in [2.75, 3.05) is 24.2 Å². The van der Waals surface area contributed by atoms with Crippen molar-refractivity contribution in [2.45, 2.75) is 45.0 Å². The summed E-state index contributed by atoms with van der Waals surface area (Å²) in [4.78, 5) is 26.6. The molecule has 0 saturated carbocycles. The number of rotatable bonds is 5. The van der Waals surface area contributed by atoms with Gasteiger partial charge in [-0.05, 0) is 39.8 Å². The van der Waals surface area contributed by atoms with Gasteiger partial charge in [-0.3, -0.25) is 9.59 Å². The molecule has 1 saturated heterocycles. The van der Waals surface area contributed by atoms with Crippen molar-refractivity contribution < 1.29 is 9.59 Å². The quantitative estimate of drug-likeness (QED) is 0.856. The first-order chi connectivity index (χ1) is 11.4. The number of aryl methyl sites for hydroxylation is 1. The van der Waals surface area contributed by atoms with Crippen molar-refractivity contribution in [1.82, 2.24) is 10.2 Å². The molecule has 3 unspecified atom stereocenters. The van der Waals surface area contributed by atoms with E-state index < -0.39 is 0 Å². The number of amides is 2. The standard InChI is InChI=1S/C18H27N3O2S/c1-12-5-7-16(8-6-12)20-17(22)11-24-15(4)18(23)21-10-9-19-13(2)14(21)3/h5-8,13-15,19H,9-11H2,1-4H3,(H,20,22).